The minimum Gasteiger partial charge on any atom is -0.481 e. The van der Waals surface area contributed by atoms with E-state index in [4.69, 9.17) is 33.4 Å². The summed E-state index contributed by atoms with van der Waals surface area (Å²) >= 11 is 10.2. The predicted molar refractivity (Wildman–Crippen MR) is 33.8 cm³/mol. The maximum atomic E-state index is 9.84. The number of hydrogen-bond acceptors (Lipinski definition) is 2. The van der Waals surface area contributed by atoms with Crippen molar-refractivity contribution in [2.75, 3.05) is 0 Å². The molecule has 0 aliphatic carbocycles. The van der Waals surface area contributed by atoms with Crippen LogP contribution in [0.1, 0.15) is 6.42 Å². The maximum Gasteiger partial charge on any atom is 0.306 e. The van der Waals surface area contributed by atoms with E-state index in [0.717, 1.165) is 0 Å². The van der Waals surface area contributed by atoms with E-state index in [2.05, 4.69) is 0 Å². The second-order valence-electron chi connectivity index (χ2n) is 1.50. The van der Waals surface area contributed by atoms with Gasteiger partial charge in [0.05, 0.1) is 12.5 Å². The lowest BCUT2D eigenvalue weighted by molar-refractivity contribution is -0.138. The molecule has 0 amide bonds. The molecule has 0 aromatic heterocycles. The van der Waals surface area contributed by atoms with Crippen LogP contribution in [0.15, 0.2) is 0 Å². The third-order valence-electron chi connectivity index (χ3n) is 0.675. The number of carbonyl (C=O) groups is 1. The van der Waals surface area contributed by atoms with Crippen molar-refractivity contribution in [3.63, 3.8) is 0 Å². The number of alkyl halides is 2. The second kappa shape index (κ2) is 3.93. The molecule has 0 radical (unpaired) electrons. The zero-order valence-corrected chi connectivity index (χ0v) is 5.93. The number of halogens is 2. The van der Waals surface area contributed by atoms with E-state index in [1.807, 2.05) is 0 Å². The largest absolute Gasteiger partial charge is 0.481 e. The van der Waals surface area contributed by atoms with Gasteiger partial charge in [-0.15, -0.1) is 23.2 Å². The number of aliphatic hydroxyl groups is 1. The molecule has 0 aliphatic rings. The third-order valence-corrected chi connectivity index (χ3v) is 1.26. The Hall–Kier alpha value is 0.01000. The van der Waals surface area contributed by atoms with Crippen LogP contribution in [-0.4, -0.2) is 27.1 Å². The molecule has 54 valence electrons. The highest BCUT2D eigenvalue weighted by molar-refractivity contribution is 6.44. The molecule has 0 bridgehead atoms. The molecule has 0 aromatic carbocycles. The van der Waals surface area contributed by atoms with Crippen molar-refractivity contribution in [1.82, 2.24) is 0 Å². The highest BCUT2D eigenvalue weighted by Gasteiger charge is 2.16. The molecular formula is C4H6Cl2O3. The topological polar surface area (TPSA) is 57.5 Å². The number of carboxylic acids is 1. The maximum absolute atomic E-state index is 9.84. The molecule has 0 unspecified atom stereocenters. The van der Waals surface area contributed by atoms with Gasteiger partial charge in [0.1, 0.15) is 4.84 Å². The normalized spacial score (nSPS) is 13.8. The molecule has 9 heavy (non-hydrogen) atoms. The van der Waals surface area contributed by atoms with Gasteiger partial charge in [-0.1, -0.05) is 0 Å². The Morgan fingerprint density at radius 2 is 2.00 bits per heavy atom. The number of aliphatic hydroxyl groups excluding tert-OH is 1. The summed E-state index contributed by atoms with van der Waals surface area (Å²) in [4.78, 5) is 8.81. The summed E-state index contributed by atoms with van der Waals surface area (Å²) in [6.07, 6.45) is -1.59. The third kappa shape index (κ3) is 4.51. The quantitative estimate of drug-likeness (QED) is 0.615. The molecule has 0 saturated heterocycles. The number of hydrogen-bond donors (Lipinski definition) is 2. The molecule has 0 spiro atoms. The Morgan fingerprint density at radius 3 is 2.11 bits per heavy atom. The summed E-state index contributed by atoms with van der Waals surface area (Å²) in [5, 5.41) is 16.7. The number of carboxylic acid groups (broad SMARTS) is 1. The average Bonchev–Trinajstić information content (AvgIpc) is 1.63. The molecule has 0 saturated carbocycles. The molecule has 2 N–H and O–H groups in total. The molecule has 0 rings (SSSR count). The first kappa shape index (κ1) is 9.01. The van der Waals surface area contributed by atoms with Gasteiger partial charge >= 0.3 is 5.97 Å². The van der Waals surface area contributed by atoms with Crippen molar-refractivity contribution in [3.05, 3.63) is 0 Å². The smallest absolute Gasteiger partial charge is 0.306 e. The van der Waals surface area contributed by atoms with Gasteiger partial charge in [-0.2, -0.15) is 0 Å². The Labute approximate surface area is 62.2 Å². The Balaban J connectivity index is 3.50. The summed E-state index contributed by atoms with van der Waals surface area (Å²) in [7, 11) is 0. The molecular weight excluding hydrogens is 167 g/mol. The molecule has 3 nitrogen and oxygen atoms in total. The number of aliphatic carboxylic acids is 1. The summed E-state index contributed by atoms with van der Waals surface area (Å²) in [6, 6.07) is 0. The van der Waals surface area contributed by atoms with Gasteiger partial charge in [-0.05, 0) is 0 Å². The first-order chi connectivity index (χ1) is 4.04. The van der Waals surface area contributed by atoms with Crippen molar-refractivity contribution in [2.24, 2.45) is 0 Å². The van der Waals surface area contributed by atoms with Crippen molar-refractivity contribution < 1.29 is 15.0 Å². The van der Waals surface area contributed by atoms with Crippen molar-refractivity contribution >= 4 is 29.2 Å². The van der Waals surface area contributed by atoms with Crippen LogP contribution in [0.25, 0.3) is 0 Å². The summed E-state index contributed by atoms with van der Waals surface area (Å²) in [6.45, 7) is 0. The lowest BCUT2D eigenvalue weighted by atomic mass is 10.3. The van der Waals surface area contributed by atoms with Crippen LogP contribution < -0.4 is 0 Å². The zero-order chi connectivity index (χ0) is 7.44. The van der Waals surface area contributed by atoms with Crippen LogP contribution in [0.3, 0.4) is 0 Å². The van der Waals surface area contributed by atoms with Crippen molar-refractivity contribution in [1.29, 1.82) is 0 Å². The lowest BCUT2D eigenvalue weighted by Gasteiger charge is -2.06. The van der Waals surface area contributed by atoms with Crippen LogP contribution in [0.5, 0.6) is 0 Å². The van der Waals surface area contributed by atoms with Crippen LogP contribution in [0.2, 0.25) is 0 Å². The lowest BCUT2D eigenvalue weighted by Crippen LogP contribution is -2.19. The summed E-state index contributed by atoms with van der Waals surface area (Å²) in [5.41, 5.74) is 0. The Bertz CT molecular complexity index is 104. The van der Waals surface area contributed by atoms with Crippen molar-refractivity contribution in [2.45, 2.75) is 17.4 Å². The fraction of sp³-hybridized carbons (Fsp3) is 0.750. The zero-order valence-electron chi connectivity index (χ0n) is 4.42. The summed E-state index contributed by atoms with van der Waals surface area (Å²) in [5.74, 6) is -1.12. The van der Waals surface area contributed by atoms with Gasteiger partial charge in [-0.25, -0.2) is 0 Å². The molecule has 0 aliphatic heterocycles. The Kier molecular flexibility index (Phi) is 3.93. The fourth-order valence-corrected chi connectivity index (χ4v) is 0.446. The highest BCUT2D eigenvalue weighted by atomic mass is 35.5. The van der Waals surface area contributed by atoms with E-state index in [-0.39, 0.29) is 0 Å². The van der Waals surface area contributed by atoms with E-state index >= 15 is 0 Å². The van der Waals surface area contributed by atoms with Gasteiger partial charge in [0.2, 0.25) is 0 Å². The average molecular weight is 173 g/mol. The minimum atomic E-state index is -1.18. The standard InChI is InChI=1S/C4H6Cl2O3/c5-4(6)2(7)1-3(8)9/h2,4,7H,1H2,(H,8,9)/t2-/m0/s1. The van der Waals surface area contributed by atoms with Crippen molar-refractivity contribution in [3.8, 4) is 0 Å². The van der Waals surface area contributed by atoms with E-state index < -0.39 is 23.3 Å². The van der Waals surface area contributed by atoms with E-state index in [1.165, 1.54) is 0 Å². The van der Waals surface area contributed by atoms with Gasteiger partial charge in [0.15, 0.2) is 0 Å². The first-order valence-electron chi connectivity index (χ1n) is 2.22. The van der Waals surface area contributed by atoms with E-state index in [1.54, 1.807) is 0 Å². The summed E-state index contributed by atoms with van der Waals surface area (Å²) < 4.78 is 0. The van der Waals surface area contributed by atoms with Gasteiger partial charge in [0.25, 0.3) is 0 Å². The van der Waals surface area contributed by atoms with Crippen LogP contribution in [0, 0.1) is 0 Å². The first-order valence-corrected chi connectivity index (χ1v) is 3.09. The molecule has 0 fully saturated rings. The Morgan fingerprint density at radius 1 is 1.56 bits per heavy atom. The number of rotatable bonds is 3. The van der Waals surface area contributed by atoms with Crippen LogP contribution in [0.4, 0.5) is 0 Å². The van der Waals surface area contributed by atoms with E-state index in [0.29, 0.717) is 0 Å². The monoisotopic (exact) mass is 172 g/mol. The van der Waals surface area contributed by atoms with Crippen LogP contribution >= 0.6 is 23.2 Å². The predicted octanol–water partition coefficient (Wildman–Crippen LogP) is 0.626. The fourth-order valence-electron chi connectivity index (χ4n) is 0.268. The molecule has 5 heteroatoms. The van der Waals surface area contributed by atoms with E-state index in [9.17, 15) is 4.79 Å². The SMILES string of the molecule is O=C(O)C[C@H](O)C(Cl)Cl. The minimum absolute atomic E-state index is 0.419. The van der Waals surface area contributed by atoms with Crippen LogP contribution in [-0.2, 0) is 4.79 Å². The highest BCUT2D eigenvalue weighted by Crippen LogP contribution is 2.10. The van der Waals surface area contributed by atoms with Gasteiger partial charge in [-0.3, -0.25) is 4.79 Å². The van der Waals surface area contributed by atoms with Gasteiger partial charge < -0.3 is 10.2 Å². The van der Waals surface area contributed by atoms with Gasteiger partial charge in [0, 0.05) is 0 Å². The molecule has 0 aromatic rings. The second-order valence-corrected chi connectivity index (χ2v) is 2.66. The molecule has 1 atom stereocenters. The molecule has 0 heterocycles.